The van der Waals surface area contributed by atoms with Crippen molar-refractivity contribution in [1.29, 1.82) is 0 Å². The van der Waals surface area contributed by atoms with Crippen LogP contribution in [0, 0.1) is 11.8 Å². The Labute approximate surface area is 120 Å². The van der Waals surface area contributed by atoms with Crippen LogP contribution in [0.15, 0.2) is 18.2 Å². The summed E-state index contributed by atoms with van der Waals surface area (Å²) in [5.74, 6) is 0.921. The van der Waals surface area contributed by atoms with Gasteiger partial charge in [-0.2, -0.15) is 0 Å². The quantitative estimate of drug-likeness (QED) is 0.833. The Bertz CT molecular complexity index is 432. The summed E-state index contributed by atoms with van der Waals surface area (Å²) in [6.45, 7) is 9.88. The molecule has 0 spiro atoms. The Balaban J connectivity index is 2.77. The van der Waals surface area contributed by atoms with Crippen LogP contribution in [-0.4, -0.2) is 19.0 Å². The zero-order valence-electron chi connectivity index (χ0n) is 12.1. The number of amides is 1. The van der Waals surface area contributed by atoms with Crippen LogP contribution in [0.3, 0.4) is 0 Å². The molecule has 0 radical (unpaired) electrons. The van der Waals surface area contributed by atoms with Crippen molar-refractivity contribution in [2.45, 2.75) is 27.7 Å². The standard InChI is InChI=1S/C15H23ClN2O/c1-5-17-14-7-6-12(16)8-13(14)15(19)18-9-11(4)10(2)3/h6-8,10-11,17H,5,9H2,1-4H3,(H,18,19). The van der Waals surface area contributed by atoms with Crippen molar-refractivity contribution in [2.75, 3.05) is 18.4 Å². The molecule has 0 aliphatic rings. The third kappa shape index (κ3) is 4.75. The Morgan fingerprint density at radius 2 is 2.00 bits per heavy atom. The van der Waals surface area contributed by atoms with E-state index in [1.807, 2.05) is 13.0 Å². The van der Waals surface area contributed by atoms with Crippen molar-refractivity contribution in [2.24, 2.45) is 11.8 Å². The molecule has 2 N–H and O–H groups in total. The molecule has 0 fully saturated rings. The molecule has 0 bridgehead atoms. The number of nitrogens with one attached hydrogen (secondary N) is 2. The number of hydrogen-bond donors (Lipinski definition) is 2. The highest BCUT2D eigenvalue weighted by Gasteiger charge is 2.14. The number of hydrogen-bond acceptors (Lipinski definition) is 2. The van der Waals surface area contributed by atoms with Gasteiger partial charge in [0.05, 0.1) is 5.56 Å². The number of rotatable bonds is 6. The summed E-state index contributed by atoms with van der Waals surface area (Å²) in [7, 11) is 0. The number of carbonyl (C=O) groups is 1. The predicted molar refractivity (Wildman–Crippen MR) is 82.0 cm³/mol. The maximum absolute atomic E-state index is 12.2. The summed E-state index contributed by atoms with van der Waals surface area (Å²) in [4.78, 5) is 12.2. The van der Waals surface area contributed by atoms with Crippen LogP contribution in [0.5, 0.6) is 0 Å². The molecule has 3 nitrogen and oxygen atoms in total. The zero-order chi connectivity index (χ0) is 14.4. The van der Waals surface area contributed by atoms with Crippen LogP contribution < -0.4 is 10.6 Å². The van der Waals surface area contributed by atoms with Crippen molar-refractivity contribution in [3.8, 4) is 0 Å². The van der Waals surface area contributed by atoms with E-state index in [2.05, 4.69) is 31.4 Å². The van der Waals surface area contributed by atoms with Crippen LogP contribution in [0.1, 0.15) is 38.1 Å². The van der Waals surface area contributed by atoms with Gasteiger partial charge in [-0.05, 0) is 37.0 Å². The first-order valence-electron chi connectivity index (χ1n) is 6.77. The Kier molecular flexibility index (Phi) is 6.16. The van der Waals surface area contributed by atoms with E-state index in [1.165, 1.54) is 0 Å². The van der Waals surface area contributed by atoms with Gasteiger partial charge < -0.3 is 10.6 Å². The summed E-state index contributed by atoms with van der Waals surface area (Å²) < 4.78 is 0. The van der Waals surface area contributed by atoms with Crippen LogP contribution in [-0.2, 0) is 0 Å². The lowest BCUT2D eigenvalue weighted by atomic mass is 9.98. The molecular weight excluding hydrogens is 260 g/mol. The second kappa shape index (κ2) is 7.39. The largest absolute Gasteiger partial charge is 0.385 e. The lowest BCUT2D eigenvalue weighted by Crippen LogP contribution is -2.30. The lowest BCUT2D eigenvalue weighted by Gasteiger charge is -2.17. The molecule has 0 aromatic heterocycles. The first-order valence-corrected chi connectivity index (χ1v) is 7.15. The number of anilines is 1. The SMILES string of the molecule is CCNc1ccc(Cl)cc1C(=O)NCC(C)C(C)C. The van der Waals surface area contributed by atoms with Gasteiger partial charge in [0, 0.05) is 23.8 Å². The molecule has 1 aromatic rings. The molecule has 106 valence electrons. The van der Waals surface area contributed by atoms with Gasteiger partial charge in [0.2, 0.25) is 0 Å². The van der Waals surface area contributed by atoms with Crippen molar-refractivity contribution >= 4 is 23.2 Å². The molecule has 1 rings (SSSR count). The number of halogens is 1. The minimum atomic E-state index is -0.0778. The van der Waals surface area contributed by atoms with Gasteiger partial charge in [-0.15, -0.1) is 0 Å². The Morgan fingerprint density at radius 1 is 1.32 bits per heavy atom. The fourth-order valence-electron chi connectivity index (χ4n) is 1.63. The van der Waals surface area contributed by atoms with E-state index < -0.39 is 0 Å². The Morgan fingerprint density at radius 3 is 2.58 bits per heavy atom. The summed E-state index contributed by atoms with van der Waals surface area (Å²) in [6.07, 6.45) is 0. The van der Waals surface area contributed by atoms with Gasteiger partial charge in [-0.25, -0.2) is 0 Å². The highest BCUT2D eigenvalue weighted by Crippen LogP contribution is 2.20. The maximum atomic E-state index is 12.2. The van der Waals surface area contributed by atoms with E-state index in [1.54, 1.807) is 12.1 Å². The zero-order valence-corrected chi connectivity index (χ0v) is 12.8. The third-order valence-electron chi connectivity index (χ3n) is 3.32. The summed E-state index contributed by atoms with van der Waals surface area (Å²) in [5.41, 5.74) is 1.42. The molecule has 1 aromatic carbocycles. The molecule has 0 heterocycles. The summed E-state index contributed by atoms with van der Waals surface area (Å²) in [6, 6.07) is 5.33. The van der Waals surface area contributed by atoms with Crippen molar-refractivity contribution in [1.82, 2.24) is 5.32 Å². The molecule has 1 unspecified atom stereocenters. The topological polar surface area (TPSA) is 41.1 Å². The molecule has 0 aliphatic heterocycles. The summed E-state index contributed by atoms with van der Waals surface area (Å²) >= 11 is 5.97. The number of carbonyl (C=O) groups excluding carboxylic acids is 1. The van der Waals surface area contributed by atoms with Crippen LogP contribution in [0.2, 0.25) is 5.02 Å². The molecule has 19 heavy (non-hydrogen) atoms. The molecule has 1 amide bonds. The monoisotopic (exact) mass is 282 g/mol. The average molecular weight is 283 g/mol. The van der Waals surface area contributed by atoms with Crippen LogP contribution in [0.25, 0.3) is 0 Å². The van der Waals surface area contributed by atoms with Crippen molar-refractivity contribution < 1.29 is 4.79 Å². The fraction of sp³-hybridized carbons (Fsp3) is 0.533. The molecule has 0 saturated carbocycles. The van der Waals surface area contributed by atoms with E-state index in [9.17, 15) is 4.79 Å². The molecule has 0 saturated heterocycles. The lowest BCUT2D eigenvalue weighted by molar-refractivity contribution is 0.0945. The smallest absolute Gasteiger partial charge is 0.253 e. The minimum Gasteiger partial charge on any atom is -0.385 e. The molecule has 4 heteroatoms. The van der Waals surface area contributed by atoms with Crippen LogP contribution >= 0.6 is 11.6 Å². The van der Waals surface area contributed by atoms with Gasteiger partial charge in [0.25, 0.3) is 5.91 Å². The van der Waals surface area contributed by atoms with Gasteiger partial charge in [-0.3, -0.25) is 4.79 Å². The fourth-order valence-corrected chi connectivity index (χ4v) is 1.81. The molecule has 0 aliphatic carbocycles. The third-order valence-corrected chi connectivity index (χ3v) is 3.55. The second-order valence-corrected chi connectivity index (χ2v) is 5.59. The number of benzene rings is 1. The van der Waals surface area contributed by atoms with E-state index in [-0.39, 0.29) is 5.91 Å². The first-order chi connectivity index (χ1) is 8.95. The summed E-state index contributed by atoms with van der Waals surface area (Å²) in [5, 5.41) is 6.72. The minimum absolute atomic E-state index is 0.0778. The first kappa shape index (κ1) is 15.8. The second-order valence-electron chi connectivity index (χ2n) is 5.15. The normalized spacial score (nSPS) is 12.3. The molecule has 1 atom stereocenters. The average Bonchev–Trinajstić information content (AvgIpc) is 2.37. The highest BCUT2D eigenvalue weighted by molar-refractivity contribution is 6.31. The van der Waals surface area contributed by atoms with E-state index >= 15 is 0 Å². The van der Waals surface area contributed by atoms with Crippen molar-refractivity contribution in [3.05, 3.63) is 28.8 Å². The van der Waals surface area contributed by atoms with E-state index in [0.717, 1.165) is 12.2 Å². The van der Waals surface area contributed by atoms with Gasteiger partial charge >= 0.3 is 0 Å². The van der Waals surface area contributed by atoms with Crippen molar-refractivity contribution in [3.63, 3.8) is 0 Å². The van der Waals surface area contributed by atoms with E-state index in [0.29, 0.717) is 29.0 Å². The van der Waals surface area contributed by atoms with Gasteiger partial charge in [0.15, 0.2) is 0 Å². The maximum Gasteiger partial charge on any atom is 0.253 e. The molecular formula is C15H23ClN2O. The van der Waals surface area contributed by atoms with Gasteiger partial charge in [-0.1, -0.05) is 32.4 Å². The Hall–Kier alpha value is -1.22. The highest BCUT2D eigenvalue weighted by atomic mass is 35.5. The van der Waals surface area contributed by atoms with E-state index in [4.69, 9.17) is 11.6 Å². The van der Waals surface area contributed by atoms with Gasteiger partial charge in [0.1, 0.15) is 0 Å². The predicted octanol–water partition coefficient (Wildman–Crippen LogP) is 3.79. The van der Waals surface area contributed by atoms with Crippen LogP contribution in [0.4, 0.5) is 5.69 Å².